The van der Waals surface area contributed by atoms with E-state index < -0.39 is 0 Å². The zero-order valence-corrected chi connectivity index (χ0v) is 34.5. The highest BCUT2D eigenvalue weighted by Crippen LogP contribution is 2.33. The van der Waals surface area contributed by atoms with Gasteiger partial charge in [-0.15, -0.1) is 11.8 Å². The summed E-state index contributed by atoms with van der Waals surface area (Å²) in [7, 11) is 2.16. The van der Waals surface area contributed by atoms with E-state index in [9.17, 15) is 9.59 Å². The Kier molecular flexibility index (Phi) is 13.5. The van der Waals surface area contributed by atoms with Crippen molar-refractivity contribution in [3.63, 3.8) is 0 Å². The van der Waals surface area contributed by atoms with Gasteiger partial charge >= 0.3 is 0 Å². The molecule has 57 heavy (non-hydrogen) atoms. The lowest BCUT2D eigenvalue weighted by Crippen LogP contribution is -2.53. The monoisotopic (exact) mass is 784 g/mol. The minimum atomic E-state index is -0.145. The lowest BCUT2D eigenvalue weighted by molar-refractivity contribution is -0.113. The Balaban J connectivity index is 1.28. The molecule has 0 radical (unpaired) electrons. The standard InChI is InChI=1S/C47H56N6O3S/c1-4-6-23-51(24-7-5-2)46(55)42-33-53(43-20-14-13-19-40(42)43)44-22-21-37(48-45(54)34-57-39-17-9-8-10-18-39)30-41(44)47(56)52-31-36-16-12-11-15-35(36)29-38(52)32-50-27-25-49(3)26-28-50/h8-22,30,33,38H,4-7,23-29,31-32,34H2,1-3H3,(H,48,54)/t38-/m0/s1. The van der Waals surface area contributed by atoms with Crippen LogP contribution in [0.1, 0.15) is 71.4 Å². The van der Waals surface area contributed by atoms with Gasteiger partial charge in [0.1, 0.15) is 0 Å². The van der Waals surface area contributed by atoms with E-state index >= 15 is 4.79 Å². The molecule has 3 amide bonds. The number of hydrogen-bond acceptors (Lipinski definition) is 6. The van der Waals surface area contributed by atoms with E-state index in [1.54, 1.807) is 0 Å². The number of piperazine rings is 1. The molecule has 7 rings (SSSR count). The predicted octanol–water partition coefficient (Wildman–Crippen LogP) is 8.22. The van der Waals surface area contributed by atoms with E-state index in [0.29, 0.717) is 42.1 Å². The molecular formula is C47H56N6O3S. The highest BCUT2D eigenvalue weighted by atomic mass is 32.2. The smallest absolute Gasteiger partial charge is 0.256 e. The van der Waals surface area contributed by atoms with Gasteiger partial charge in [0.05, 0.1) is 28.1 Å². The van der Waals surface area contributed by atoms with Crippen LogP contribution in [0.2, 0.25) is 0 Å². The number of amides is 3. The molecule has 10 heteroatoms. The van der Waals surface area contributed by atoms with Crippen molar-refractivity contribution in [3.05, 3.63) is 126 Å². The molecule has 0 saturated carbocycles. The van der Waals surface area contributed by atoms with Crippen molar-refractivity contribution < 1.29 is 14.4 Å². The minimum absolute atomic E-state index is 0.0133. The number of fused-ring (bicyclic) bond motifs is 2. The van der Waals surface area contributed by atoms with Crippen molar-refractivity contribution in [2.24, 2.45) is 0 Å². The molecular weight excluding hydrogens is 729 g/mol. The Hall–Kier alpha value is -4.90. The van der Waals surface area contributed by atoms with Crippen molar-refractivity contribution in [1.29, 1.82) is 0 Å². The quantitative estimate of drug-likeness (QED) is 0.108. The van der Waals surface area contributed by atoms with E-state index in [0.717, 1.165) is 86.2 Å². The molecule has 298 valence electrons. The first-order valence-electron chi connectivity index (χ1n) is 20.6. The topological polar surface area (TPSA) is 81.1 Å². The number of para-hydroxylation sites is 1. The Morgan fingerprint density at radius 3 is 2.21 bits per heavy atom. The van der Waals surface area contributed by atoms with Crippen LogP contribution in [0.15, 0.2) is 108 Å². The number of likely N-dealkylation sites (N-methyl/N-ethyl adjacent to an activating group) is 1. The summed E-state index contributed by atoms with van der Waals surface area (Å²) in [5.41, 5.74) is 5.65. The maximum atomic E-state index is 15.4. The number of carbonyl (C=O) groups is 3. The Morgan fingerprint density at radius 1 is 0.789 bits per heavy atom. The first-order chi connectivity index (χ1) is 27.8. The van der Waals surface area contributed by atoms with E-state index in [4.69, 9.17) is 0 Å². The normalized spacial score (nSPS) is 16.1. The van der Waals surface area contributed by atoms with E-state index in [1.807, 2.05) is 99.4 Å². The van der Waals surface area contributed by atoms with Gasteiger partial charge in [-0.3, -0.25) is 19.3 Å². The Labute approximate surface area is 342 Å². The summed E-state index contributed by atoms with van der Waals surface area (Å²) in [5.74, 6) is 0.0186. The molecule has 0 aliphatic carbocycles. The molecule has 1 N–H and O–H groups in total. The number of aromatic nitrogens is 1. The fourth-order valence-electron chi connectivity index (χ4n) is 8.06. The van der Waals surface area contributed by atoms with Crippen LogP contribution in [-0.4, -0.2) is 107 Å². The van der Waals surface area contributed by atoms with E-state index in [1.165, 1.54) is 17.3 Å². The lowest BCUT2D eigenvalue weighted by atomic mass is 9.92. The number of nitrogens with one attached hydrogen (secondary N) is 1. The van der Waals surface area contributed by atoms with Crippen molar-refractivity contribution in [2.75, 3.05) is 63.9 Å². The van der Waals surface area contributed by atoms with Crippen LogP contribution in [0.4, 0.5) is 5.69 Å². The van der Waals surface area contributed by atoms with Gasteiger partial charge in [-0.25, -0.2) is 0 Å². The summed E-state index contributed by atoms with van der Waals surface area (Å²) in [6.07, 6.45) is 6.59. The van der Waals surface area contributed by atoms with Crippen molar-refractivity contribution in [3.8, 4) is 5.69 Å². The van der Waals surface area contributed by atoms with Crippen LogP contribution in [0.25, 0.3) is 16.6 Å². The molecule has 3 heterocycles. The second-order valence-electron chi connectivity index (χ2n) is 15.5. The summed E-state index contributed by atoms with van der Waals surface area (Å²) in [5, 5.41) is 3.94. The zero-order chi connectivity index (χ0) is 39.7. The number of unbranched alkanes of at least 4 members (excludes halogenated alkanes) is 2. The van der Waals surface area contributed by atoms with E-state index in [2.05, 4.69) is 54.2 Å². The molecule has 2 aliphatic rings. The van der Waals surface area contributed by atoms with Gasteiger partial charge in [0, 0.05) is 80.6 Å². The Morgan fingerprint density at radius 2 is 1.47 bits per heavy atom. The molecule has 1 saturated heterocycles. The molecule has 0 unspecified atom stereocenters. The number of nitrogens with zero attached hydrogens (tertiary/aromatic N) is 5. The van der Waals surface area contributed by atoms with Gasteiger partial charge in [-0.05, 0) is 73.8 Å². The first kappa shape index (κ1) is 40.3. The van der Waals surface area contributed by atoms with Gasteiger partial charge in [-0.1, -0.05) is 87.4 Å². The molecule has 0 spiro atoms. The molecule has 1 aromatic heterocycles. The maximum absolute atomic E-state index is 15.4. The number of thioether (sulfide) groups is 1. The second kappa shape index (κ2) is 19.0. The highest BCUT2D eigenvalue weighted by molar-refractivity contribution is 8.00. The third-order valence-electron chi connectivity index (χ3n) is 11.4. The van der Waals surface area contributed by atoms with Crippen LogP contribution in [-0.2, 0) is 17.8 Å². The first-order valence-corrected chi connectivity index (χ1v) is 21.6. The SMILES string of the molecule is CCCCN(CCCC)C(=O)c1cn(-c2ccc(NC(=O)CSc3ccccc3)cc2C(=O)N2Cc3ccccc3C[C@H]2CN2CCN(C)CC2)c2ccccc12. The molecule has 9 nitrogen and oxygen atoms in total. The summed E-state index contributed by atoms with van der Waals surface area (Å²) >= 11 is 1.48. The third-order valence-corrected chi connectivity index (χ3v) is 12.4. The molecule has 1 atom stereocenters. The summed E-state index contributed by atoms with van der Waals surface area (Å²) in [6.45, 7) is 10.9. The summed E-state index contributed by atoms with van der Waals surface area (Å²) in [4.78, 5) is 53.0. The highest BCUT2D eigenvalue weighted by Gasteiger charge is 2.34. The number of hydrogen-bond donors (Lipinski definition) is 1. The van der Waals surface area contributed by atoms with Gasteiger partial charge in [0.2, 0.25) is 5.91 Å². The maximum Gasteiger partial charge on any atom is 0.256 e. The molecule has 1 fully saturated rings. The average molecular weight is 785 g/mol. The molecule has 0 bridgehead atoms. The number of anilines is 1. The molecule has 2 aliphatic heterocycles. The van der Waals surface area contributed by atoms with Gasteiger partial charge in [0.25, 0.3) is 11.8 Å². The fourth-order valence-corrected chi connectivity index (χ4v) is 8.78. The van der Waals surface area contributed by atoms with Gasteiger partial charge in [0.15, 0.2) is 0 Å². The third kappa shape index (κ3) is 9.63. The zero-order valence-electron chi connectivity index (χ0n) is 33.7. The van der Waals surface area contributed by atoms with Crippen LogP contribution in [0.5, 0.6) is 0 Å². The fraction of sp³-hybridized carbons (Fsp3) is 0.383. The lowest BCUT2D eigenvalue weighted by Gasteiger charge is -2.41. The number of benzene rings is 4. The van der Waals surface area contributed by atoms with Crippen LogP contribution < -0.4 is 5.32 Å². The van der Waals surface area contributed by atoms with Crippen molar-refractivity contribution in [2.45, 2.75) is 63.4 Å². The van der Waals surface area contributed by atoms with Crippen LogP contribution >= 0.6 is 11.8 Å². The minimum Gasteiger partial charge on any atom is -0.339 e. The predicted molar refractivity (Wildman–Crippen MR) is 233 cm³/mol. The number of carbonyl (C=O) groups excluding carboxylic acids is 3. The van der Waals surface area contributed by atoms with Gasteiger partial charge < -0.3 is 24.6 Å². The molecule has 5 aromatic rings. The van der Waals surface area contributed by atoms with Crippen molar-refractivity contribution >= 4 is 46.1 Å². The van der Waals surface area contributed by atoms with Crippen LogP contribution in [0, 0.1) is 0 Å². The summed E-state index contributed by atoms with van der Waals surface area (Å²) in [6, 6.07) is 31.9. The number of rotatable bonds is 15. The van der Waals surface area contributed by atoms with E-state index in [-0.39, 0.29) is 29.5 Å². The van der Waals surface area contributed by atoms with Gasteiger partial charge in [-0.2, -0.15) is 0 Å². The average Bonchev–Trinajstić information content (AvgIpc) is 3.63. The second-order valence-corrected chi connectivity index (χ2v) is 16.5. The largest absolute Gasteiger partial charge is 0.339 e. The molecule has 4 aromatic carbocycles. The van der Waals surface area contributed by atoms with Crippen LogP contribution in [0.3, 0.4) is 0 Å². The summed E-state index contributed by atoms with van der Waals surface area (Å²) < 4.78 is 2.01. The van der Waals surface area contributed by atoms with Crippen molar-refractivity contribution in [1.82, 2.24) is 24.2 Å². The Bertz CT molecular complexity index is 2150.